The minimum Gasteiger partial charge on any atom is -0.382 e. The van der Waals surface area contributed by atoms with Crippen LogP contribution in [-0.2, 0) is 0 Å². The number of carbonyl (C=O) groups is 1. The van der Waals surface area contributed by atoms with Crippen LogP contribution in [0.4, 0.5) is 16.6 Å². The highest BCUT2D eigenvalue weighted by atomic mass is 35.5. The molecule has 4 nitrogen and oxygen atoms in total. The fourth-order valence-corrected chi connectivity index (χ4v) is 2.54. The number of nitrogens with one attached hydrogen (secondary N) is 1. The Morgan fingerprint density at radius 3 is 2.78 bits per heavy atom. The Morgan fingerprint density at radius 2 is 2.22 bits per heavy atom. The maximum Gasteiger partial charge on any atom is 0.189 e. The van der Waals surface area contributed by atoms with Gasteiger partial charge in [-0.3, -0.25) is 4.79 Å². The monoisotopic (exact) mass is 281 g/mol. The number of ketones is 1. The summed E-state index contributed by atoms with van der Waals surface area (Å²) in [4.78, 5) is 15.9. The topological polar surface area (TPSA) is 68.0 Å². The van der Waals surface area contributed by atoms with E-state index in [1.54, 1.807) is 6.07 Å². The van der Waals surface area contributed by atoms with E-state index >= 15 is 0 Å². The van der Waals surface area contributed by atoms with Gasteiger partial charge in [0.25, 0.3) is 0 Å². The molecule has 2 aromatic rings. The summed E-state index contributed by atoms with van der Waals surface area (Å²) in [6.45, 7) is 3.41. The largest absolute Gasteiger partial charge is 0.382 e. The lowest BCUT2D eigenvalue weighted by Crippen LogP contribution is -1.95. The third-order valence-corrected chi connectivity index (χ3v) is 3.73. The fourth-order valence-electron chi connectivity index (χ4n) is 1.52. The molecule has 0 saturated heterocycles. The SMILES string of the molecule is CC(=O)c1sc(Nc2ccc(Cl)cc2C)nc1N. The molecule has 0 unspecified atom stereocenters. The third kappa shape index (κ3) is 2.63. The number of aryl methyl sites for hydroxylation is 1. The zero-order chi connectivity index (χ0) is 13.3. The van der Waals surface area contributed by atoms with Crippen LogP contribution >= 0.6 is 22.9 Å². The van der Waals surface area contributed by atoms with E-state index in [2.05, 4.69) is 10.3 Å². The normalized spacial score (nSPS) is 10.4. The number of carbonyl (C=O) groups excluding carboxylic acids is 1. The summed E-state index contributed by atoms with van der Waals surface area (Å²) >= 11 is 7.13. The Balaban J connectivity index is 2.29. The second-order valence-electron chi connectivity index (χ2n) is 3.87. The van der Waals surface area contributed by atoms with Gasteiger partial charge in [-0.2, -0.15) is 0 Å². The first-order chi connectivity index (χ1) is 8.47. The smallest absolute Gasteiger partial charge is 0.189 e. The molecular formula is C12H12ClN3OS. The maximum absolute atomic E-state index is 11.3. The Kier molecular flexibility index (Phi) is 3.54. The van der Waals surface area contributed by atoms with Crippen molar-refractivity contribution in [2.45, 2.75) is 13.8 Å². The van der Waals surface area contributed by atoms with Gasteiger partial charge in [-0.1, -0.05) is 22.9 Å². The highest BCUT2D eigenvalue weighted by Gasteiger charge is 2.12. The van der Waals surface area contributed by atoms with E-state index in [-0.39, 0.29) is 11.6 Å². The fraction of sp³-hybridized carbons (Fsp3) is 0.167. The van der Waals surface area contributed by atoms with E-state index in [0.29, 0.717) is 15.0 Å². The van der Waals surface area contributed by atoms with Crippen molar-refractivity contribution in [1.82, 2.24) is 4.98 Å². The molecule has 0 fully saturated rings. The average molecular weight is 282 g/mol. The van der Waals surface area contributed by atoms with Gasteiger partial charge in [-0.05, 0) is 30.7 Å². The van der Waals surface area contributed by atoms with Crippen molar-refractivity contribution < 1.29 is 4.79 Å². The number of halogens is 1. The van der Waals surface area contributed by atoms with Crippen LogP contribution < -0.4 is 11.1 Å². The van der Waals surface area contributed by atoms with Crippen LogP contribution in [0.5, 0.6) is 0 Å². The Bertz CT molecular complexity index is 609. The Hall–Kier alpha value is -1.59. The van der Waals surface area contributed by atoms with Gasteiger partial charge in [0, 0.05) is 17.6 Å². The van der Waals surface area contributed by atoms with E-state index in [9.17, 15) is 4.79 Å². The molecule has 18 heavy (non-hydrogen) atoms. The van der Waals surface area contributed by atoms with Gasteiger partial charge < -0.3 is 11.1 Å². The second kappa shape index (κ2) is 4.96. The predicted octanol–water partition coefficient (Wildman–Crippen LogP) is 3.63. The van der Waals surface area contributed by atoms with Crippen molar-refractivity contribution in [3.05, 3.63) is 33.7 Å². The van der Waals surface area contributed by atoms with Crippen LogP contribution in [0.2, 0.25) is 5.02 Å². The summed E-state index contributed by atoms with van der Waals surface area (Å²) < 4.78 is 0. The number of hydrogen-bond donors (Lipinski definition) is 2. The molecule has 2 rings (SSSR count). The number of Topliss-reactive ketones (excluding diaryl/α,β-unsaturated/α-hetero) is 1. The van der Waals surface area contributed by atoms with Gasteiger partial charge in [-0.25, -0.2) is 4.98 Å². The molecule has 1 aromatic heterocycles. The number of nitrogens with zero attached hydrogens (tertiary/aromatic N) is 1. The highest BCUT2D eigenvalue weighted by molar-refractivity contribution is 7.18. The van der Waals surface area contributed by atoms with Crippen LogP contribution in [0.1, 0.15) is 22.2 Å². The molecule has 0 bridgehead atoms. The van der Waals surface area contributed by atoms with Crippen LogP contribution in [0.15, 0.2) is 18.2 Å². The molecule has 3 N–H and O–H groups in total. The van der Waals surface area contributed by atoms with Crippen molar-refractivity contribution in [2.24, 2.45) is 0 Å². The maximum atomic E-state index is 11.3. The molecule has 0 aliphatic carbocycles. The molecule has 0 amide bonds. The van der Waals surface area contributed by atoms with E-state index < -0.39 is 0 Å². The predicted molar refractivity (Wildman–Crippen MR) is 76.0 cm³/mol. The molecule has 0 aliphatic heterocycles. The van der Waals surface area contributed by atoms with Crippen LogP contribution in [0, 0.1) is 6.92 Å². The van der Waals surface area contributed by atoms with Crippen molar-refractivity contribution in [2.75, 3.05) is 11.1 Å². The molecule has 0 atom stereocenters. The van der Waals surface area contributed by atoms with E-state index in [0.717, 1.165) is 11.3 Å². The van der Waals surface area contributed by atoms with Crippen LogP contribution in [0.25, 0.3) is 0 Å². The minimum absolute atomic E-state index is 0.0779. The summed E-state index contributed by atoms with van der Waals surface area (Å²) in [5.41, 5.74) is 7.57. The van der Waals surface area contributed by atoms with Crippen molar-refractivity contribution in [1.29, 1.82) is 0 Å². The van der Waals surface area contributed by atoms with Gasteiger partial charge in [0.15, 0.2) is 10.9 Å². The molecule has 0 aliphatic rings. The summed E-state index contributed by atoms with van der Waals surface area (Å²) in [6, 6.07) is 5.51. The lowest BCUT2D eigenvalue weighted by molar-refractivity contribution is 0.102. The lowest BCUT2D eigenvalue weighted by Gasteiger charge is -2.06. The molecule has 0 radical (unpaired) electrons. The number of benzene rings is 1. The summed E-state index contributed by atoms with van der Waals surface area (Å²) in [5, 5.41) is 4.41. The van der Waals surface area contributed by atoms with E-state index in [1.165, 1.54) is 18.3 Å². The van der Waals surface area contributed by atoms with Crippen LogP contribution in [-0.4, -0.2) is 10.8 Å². The van der Waals surface area contributed by atoms with Crippen molar-refractivity contribution in [3.63, 3.8) is 0 Å². The Morgan fingerprint density at radius 1 is 1.50 bits per heavy atom. The van der Waals surface area contributed by atoms with Gasteiger partial charge in [-0.15, -0.1) is 0 Å². The first-order valence-corrected chi connectivity index (χ1v) is 6.47. The minimum atomic E-state index is -0.0779. The van der Waals surface area contributed by atoms with E-state index in [4.69, 9.17) is 17.3 Å². The number of nitrogen functional groups attached to an aromatic ring is 1. The molecule has 0 saturated carbocycles. The lowest BCUT2D eigenvalue weighted by atomic mass is 10.2. The number of aromatic nitrogens is 1. The van der Waals surface area contributed by atoms with Gasteiger partial charge in [0.05, 0.1) is 0 Å². The second-order valence-corrected chi connectivity index (χ2v) is 5.31. The molecule has 94 valence electrons. The van der Waals surface area contributed by atoms with Gasteiger partial charge in [0.1, 0.15) is 10.7 Å². The number of rotatable bonds is 3. The van der Waals surface area contributed by atoms with Crippen molar-refractivity contribution in [3.8, 4) is 0 Å². The molecule has 0 spiro atoms. The molecule has 1 heterocycles. The summed E-state index contributed by atoms with van der Waals surface area (Å²) in [6.07, 6.45) is 0. The standard InChI is InChI=1S/C12H12ClN3OS/c1-6-5-8(13)3-4-9(6)15-12-16-11(14)10(18-12)7(2)17/h3-5H,14H2,1-2H3,(H,15,16). The van der Waals surface area contributed by atoms with Crippen molar-refractivity contribution >= 4 is 45.4 Å². The Labute approximate surface area is 114 Å². The number of thiazole rings is 1. The first-order valence-electron chi connectivity index (χ1n) is 5.28. The number of nitrogens with two attached hydrogens (primary N) is 1. The number of hydrogen-bond acceptors (Lipinski definition) is 5. The van der Waals surface area contributed by atoms with E-state index in [1.807, 2.05) is 19.1 Å². The molecule has 6 heteroatoms. The van der Waals surface area contributed by atoms with Gasteiger partial charge >= 0.3 is 0 Å². The first kappa shape index (κ1) is 12.9. The zero-order valence-electron chi connectivity index (χ0n) is 9.95. The summed E-state index contributed by atoms with van der Waals surface area (Å²) in [5.74, 6) is 0.187. The average Bonchev–Trinajstić information content (AvgIpc) is 2.64. The molecular weight excluding hydrogens is 270 g/mol. The molecule has 1 aromatic carbocycles. The summed E-state index contributed by atoms with van der Waals surface area (Å²) in [7, 11) is 0. The quantitative estimate of drug-likeness (QED) is 0.843. The zero-order valence-corrected chi connectivity index (χ0v) is 11.5. The van der Waals surface area contributed by atoms with Gasteiger partial charge in [0.2, 0.25) is 0 Å². The third-order valence-electron chi connectivity index (χ3n) is 2.40. The highest BCUT2D eigenvalue weighted by Crippen LogP contribution is 2.29. The number of anilines is 3. The van der Waals surface area contributed by atoms with Crippen LogP contribution in [0.3, 0.4) is 0 Å².